The summed E-state index contributed by atoms with van der Waals surface area (Å²) in [6, 6.07) is 0. The summed E-state index contributed by atoms with van der Waals surface area (Å²) in [6.07, 6.45) is 7.43. The van der Waals surface area contributed by atoms with Crippen LogP contribution in [0.3, 0.4) is 0 Å². The van der Waals surface area contributed by atoms with Crippen LogP contribution in [0.15, 0.2) is 12.3 Å². The summed E-state index contributed by atoms with van der Waals surface area (Å²) in [4.78, 5) is 12.3. The summed E-state index contributed by atoms with van der Waals surface area (Å²) in [5.41, 5.74) is 0.448. The highest BCUT2D eigenvalue weighted by atomic mass is 16.5. The molecule has 4 nitrogen and oxygen atoms in total. The standard InChI is InChI=1S/C12H19NO3/c1-16-8-2-3-10-9-12(10)4-6-13(7-5-12)11(14)15/h2,8,10H,3-7,9H2,1H3,(H,14,15)/b8-2+. The lowest BCUT2D eigenvalue weighted by atomic mass is 9.90. The molecule has 1 aliphatic carbocycles. The molecule has 2 aliphatic rings. The van der Waals surface area contributed by atoms with Crippen LogP contribution in [0.2, 0.25) is 0 Å². The number of ether oxygens (including phenoxy) is 1. The molecule has 0 radical (unpaired) electrons. The van der Waals surface area contributed by atoms with Crippen molar-refractivity contribution in [1.29, 1.82) is 0 Å². The summed E-state index contributed by atoms with van der Waals surface area (Å²) in [5, 5.41) is 8.87. The largest absolute Gasteiger partial charge is 0.505 e. The van der Waals surface area contributed by atoms with Crippen LogP contribution in [0.4, 0.5) is 4.79 Å². The van der Waals surface area contributed by atoms with Gasteiger partial charge in [-0.3, -0.25) is 0 Å². The number of amides is 1. The molecule has 1 heterocycles. The summed E-state index contributed by atoms with van der Waals surface area (Å²) >= 11 is 0. The van der Waals surface area contributed by atoms with E-state index in [1.807, 2.05) is 0 Å². The molecule has 1 aliphatic heterocycles. The molecular formula is C12H19NO3. The Balaban J connectivity index is 1.78. The lowest BCUT2D eigenvalue weighted by Gasteiger charge is -2.30. The topological polar surface area (TPSA) is 49.8 Å². The number of hydrogen-bond donors (Lipinski definition) is 1. The van der Waals surface area contributed by atoms with Crippen LogP contribution in [0, 0.1) is 11.3 Å². The molecule has 90 valence electrons. The van der Waals surface area contributed by atoms with Crippen molar-refractivity contribution < 1.29 is 14.6 Å². The molecule has 0 bridgehead atoms. The fourth-order valence-electron chi connectivity index (χ4n) is 2.84. The van der Waals surface area contributed by atoms with E-state index < -0.39 is 6.09 Å². The number of piperidine rings is 1. The maximum atomic E-state index is 10.8. The van der Waals surface area contributed by atoms with Crippen LogP contribution in [-0.4, -0.2) is 36.3 Å². The first kappa shape index (κ1) is 11.3. The van der Waals surface area contributed by atoms with Gasteiger partial charge in [-0.05, 0) is 43.1 Å². The van der Waals surface area contributed by atoms with Gasteiger partial charge in [0.2, 0.25) is 0 Å². The minimum atomic E-state index is -0.772. The first-order valence-corrected chi connectivity index (χ1v) is 5.84. The van der Waals surface area contributed by atoms with Crippen LogP contribution >= 0.6 is 0 Å². The smallest absolute Gasteiger partial charge is 0.407 e. The van der Waals surface area contributed by atoms with E-state index in [9.17, 15) is 4.79 Å². The summed E-state index contributed by atoms with van der Waals surface area (Å²) in [6.45, 7) is 1.42. The first-order valence-electron chi connectivity index (χ1n) is 5.84. The number of carboxylic acid groups (broad SMARTS) is 1. The average Bonchev–Trinajstić information content (AvgIpc) is 2.92. The molecule has 1 saturated heterocycles. The van der Waals surface area contributed by atoms with Gasteiger partial charge >= 0.3 is 6.09 Å². The van der Waals surface area contributed by atoms with Crippen molar-refractivity contribution in [3.8, 4) is 0 Å². The van der Waals surface area contributed by atoms with E-state index in [0.717, 1.165) is 25.2 Å². The Bertz CT molecular complexity index is 293. The zero-order chi connectivity index (χ0) is 11.6. The zero-order valence-corrected chi connectivity index (χ0v) is 9.69. The molecule has 1 saturated carbocycles. The van der Waals surface area contributed by atoms with E-state index in [-0.39, 0.29) is 0 Å². The first-order chi connectivity index (χ1) is 7.68. The van der Waals surface area contributed by atoms with Gasteiger partial charge in [-0.2, -0.15) is 0 Å². The Hall–Kier alpha value is -1.19. The van der Waals surface area contributed by atoms with Gasteiger partial charge in [-0.25, -0.2) is 4.79 Å². The van der Waals surface area contributed by atoms with E-state index in [2.05, 4.69) is 6.08 Å². The normalized spacial score (nSPS) is 27.3. The predicted molar refractivity (Wildman–Crippen MR) is 60.1 cm³/mol. The number of carbonyl (C=O) groups is 1. The molecule has 16 heavy (non-hydrogen) atoms. The number of allylic oxidation sites excluding steroid dienone is 1. The minimum Gasteiger partial charge on any atom is -0.505 e. The van der Waals surface area contributed by atoms with Crippen LogP contribution in [0.1, 0.15) is 25.7 Å². The van der Waals surface area contributed by atoms with Crippen LogP contribution in [0.5, 0.6) is 0 Å². The van der Waals surface area contributed by atoms with Crippen molar-refractivity contribution in [2.24, 2.45) is 11.3 Å². The molecule has 1 N–H and O–H groups in total. The van der Waals surface area contributed by atoms with Crippen LogP contribution in [0.25, 0.3) is 0 Å². The van der Waals surface area contributed by atoms with E-state index in [1.165, 1.54) is 11.3 Å². The van der Waals surface area contributed by atoms with E-state index in [1.54, 1.807) is 13.4 Å². The molecule has 1 spiro atoms. The zero-order valence-electron chi connectivity index (χ0n) is 9.69. The Morgan fingerprint density at radius 1 is 1.56 bits per heavy atom. The highest BCUT2D eigenvalue weighted by Crippen LogP contribution is 2.60. The highest BCUT2D eigenvalue weighted by molar-refractivity contribution is 5.65. The van der Waals surface area contributed by atoms with Gasteiger partial charge < -0.3 is 14.7 Å². The second-order valence-corrected chi connectivity index (χ2v) is 4.88. The molecule has 1 atom stereocenters. The van der Waals surface area contributed by atoms with E-state index in [0.29, 0.717) is 18.5 Å². The maximum Gasteiger partial charge on any atom is 0.407 e. The molecule has 2 fully saturated rings. The van der Waals surface area contributed by atoms with Gasteiger partial charge in [0.15, 0.2) is 0 Å². The van der Waals surface area contributed by atoms with Crippen molar-refractivity contribution in [1.82, 2.24) is 4.90 Å². The number of rotatable bonds is 3. The van der Waals surface area contributed by atoms with Crippen molar-refractivity contribution in [2.45, 2.75) is 25.7 Å². The molecule has 2 rings (SSSR count). The number of likely N-dealkylation sites (tertiary alicyclic amines) is 1. The van der Waals surface area contributed by atoms with Gasteiger partial charge in [0.25, 0.3) is 0 Å². The lowest BCUT2D eigenvalue weighted by Crippen LogP contribution is -2.38. The molecule has 4 heteroatoms. The highest BCUT2D eigenvalue weighted by Gasteiger charge is 2.54. The van der Waals surface area contributed by atoms with Gasteiger partial charge in [0, 0.05) is 13.1 Å². The van der Waals surface area contributed by atoms with Crippen molar-refractivity contribution in [3.63, 3.8) is 0 Å². The fraction of sp³-hybridized carbons (Fsp3) is 0.750. The van der Waals surface area contributed by atoms with E-state index >= 15 is 0 Å². The molecule has 0 aromatic rings. The lowest BCUT2D eigenvalue weighted by molar-refractivity contribution is 0.117. The van der Waals surface area contributed by atoms with Crippen LogP contribution in [-0.2, 0) is 4.74 Å². The fourth-order valence-corrected chi connectivity index (χ4v) is 2.84. The number of methoxy groups -OCH3 is 1. The maximum absolute atomic E-state index is 10.8. The molecule has 0 aromatic carbocycles. The van der Waals surface area contributed by atoms with Crippen molar-refractivity contribution >= 4 is 6.09 Å². The van der Waals surface area contributed by atoms with E-state index in [4.69, 9.17) is 9.84 Å². The summed E-state index contributed by atoms with van der Waals surface area (Å²) < 4.78 is 4.88. The molecule has 1 unspecified atom stereocenters. The third kappa shape index (κ3) is 2.15. The summed E-state index contributed by atoms with van der Waals surface area (Å²) in [7, 11) is 1.66. The third-order valence-corrected chi connectivity index (χ3v) is 4.04. The Morgan fingerprint density at radius 2 is 2.25 bits per heavy atom. The Morgan fingerprint density at radius 3 is 2.81 bits per heavy atom. The average molecular weight is 225 g/mol. The number of nitrogens with zero attached hydrogens (tertiary/aromatic N) is 1. The molecule has 0 aromatic heterocycles. The van der Waals surface area contributed by atoms with Gasteiger partial charge in [-0.15, -0.1) is 0 Å². The Kier molecular flexibility index (Phi) is 3.08. The predicted octanol–water partition coefficient (Wildman–Crippen LogP) is 2.32. The second-order valence-electron chi connectivity index (χ2n) is 4.88. The second kappa shape index (κ2) is 4.36. The SMILES string of the molecule is CO/C=C/CC1CC12CCN(C(=O)O)CC2. The quantitative estimate of drug-likeness (QED) is 0.750. The van der Waals surface area contributed by atoms with Crippen molar-refractivity contribution in [2.75, 3.05) is 20.2 Å². The monoisotopic (exact) mass is 225 g/mol. The number of hydrogen-bond acceptors (Lipinski definition) is 2. The van der Waals surface area contributed by atoms with Crippen molar-refractivity contribution in [3.05, 3.63) is 12.3 Å². The third-order valence-electron chi connectivity index (χ3n) is 4.04. The summed E-state index contributed by atoms with van der Waals surface area (Å²) in [5.74, 6) is 0.745. The van der Waals surface area contributed by atoms with Gasteiger partial charge in [0.05, 0.1) is 13.4 Å². The van der Waals surface area contributed by atoms with Gasteiger partial charge in [-0.1, -0.05) is 0 Å². The minimum absolute atomic E-state index is 0.448. The molecular weight excluding hydrogens is 206 g/mol. The Labute approximate surface area is 95.9 Å². The van der Waals surface area contributed by atoms with Crippen LogP contribution < -0.4 is 0 Å². The molecule has 1 amide bonds. The van der Waals surface area contributed by atoms with Gasteiger partial charge in [0.1, 0.15) is 0 Å².